The Bertz CT molecular complexity index is 1130. The SMILES string of the molecule is CC(=N)c1c(N)nc(-c2ccc(NSc3ccc(C(F)(F)F)cn3)cc2)nc1NCCN(C)C. The van der Waals surface area contributed by atoms with E-state index >= 15 is 0 Å². The molecule has 0 amide bonds. The molecule has 5 N–H and O–H groups in total. The number of halogens is 3. The summed E-state index contributed by atoms with van der Waals surface area (Å²) in [4.78, 5) is 14.8. The zero-order valence-electron chi connectivity index (χ0n) is 18.9. The summed E-state index contributed by atoms with van der Waals surface area (Å²) >= 11 is 1.10. The number of nitrogen functional groups attached to an aromatic ring is 1. The Hall–Kier alpha value is -3.38. The van der Waals surface area contributed by atoms with Gasteiger partial charge in [0.15, 0.2) is 5.82 Å². The molecule has 3 aromatic rings. The Morgan fingerprint density at radius 2 is 1.82 bits per heavy atom. The number of rotatable bonds is 9. The zero-order chi connectivity index (χ0) is 24.9. The summed E-state index contributed by atoms with van der Waals surface area (Å²) in [5, 5.41) is 11.7. The van der Waals surface area contributed by atoms with E-state index in [1.807, 2.05) is 19.0 Å². The molecule has 0 fully saturated rings. The van der Waals surface area contributed by atoms with E-state index in [2.05, 4.69) is 25.0 Å². The van der Waals surface area contributed by atoms with E-state index < -0.39 is 11.7 Å². The summed E-state index contributed by atoms with van der Waals surface area (Å²) in [6.07, 6.45) is -3.61. The fraction of sp³-hybridized carbons (Fsp3) is 0.273. The van der Waals surface area contributed by atoms with Crippen molar-refractivity contribution in [3.8, 4) is 11.4 Å². The van der Waals surface area contributed by atoms with Gasteiger partial charge in [0.25, 0.3) is 0 Å². The van der Waals surface area contributed by atoms with Crippen LogP contribution in [0.25, 0.3) is 11.4 Å². The van der Waals surface area contributed by atoms with Gasteiger partial charge in [-0.15, -0.1) is 0 Å². The summed E-state index contributed by atoms with van der Waals surface area (Å²) in [6.45, 7) is 3.04. The Balaban J connectivity index is 1.73. The van der Waals surface area contributed by atoms with E-state index in [9.17, 15) is 13.2 Å². The Kier molecular flexibility index (Phi) is 7.94. The van der Waals surface area contributed by atoms with Crippen molar-refractivity contribution in [2.24, 2.45) is 0 Å². The largest absolute Gasteiger partial charge is 0.417 e. The molecule has 1 aromatic carbocycles. The number of benzene rings is 1. The second kappa shape index (κ2) is 10.7. The minimum atomic E-state index is -4.41. The van der Waals surface area contributed by atoms with Crippen LogP contribution in [0.1, 0.15) is 18.1 Å². The average Bonchev–Trinajstić information content (AvgIpc) is 2.77. The summed E-state index contributed by atoms with van der Waals surface area (Å²) in [5.74, 6) is 1.14. The Morgan fingerprint density at radius 3 is 2.38 bits per heavy atom. The number of aromatic nitrogens is 3. The van der Waals surface area contributed by atoms with Crippen LogP contribution in [0, 0.1) is 5.41 Å². The van der Waals surface area contributed by atoms with Gasteiger partial charge in [0.1, 0.15) is 16.7 Å². The van der Waals surface area contributed by atoms with E-state index in [1.54, 1.807) is 31.2 Å². The first-order valence-corrected chi connectivity index (χ1v) is 11.0. The highest BCUT2D eigenvalue weighted by Crippen LogP contribution is 2.30. The number of nitrogens with two attached hydrogens (primary N) is 1. The summed E-state index contributed by atoms with van der Waals surface area (Å²) in [5.41, 5.74) is 7.53. The lowest BCUT2D eigenvalue weighted by molar-refractivity contribution is -0.137. The summed E-state index contributed by atoms with van der Waals surface area (Å²) in [7, 11) is 3.93. The van der Waals surface area contributed by atoms with Gasteiger partial charge >= 0.3 is 6.18 Å². The molecular formula is C22H25F3N8S. The number of alkyl halides is 3. The second-order valence-corrected chi connectivity index (χ2v) is 8.50. The second-order valence-electron chi connectivity index (χ2n) is 7.68. The number of nitrogens with zero attached hydrogens (tertiary/aromatic N) is 4. The molecular weight excluding hydrogens is 465 g/mol. The quantitative estimate of drug-likeness (QED) is 0.254. The molecule has 3 rings (SSSR count). The van der Waals surface area contributed by atoms with Gasteiger partial charge in [-0.05, 0) is 57.4 Å². The Labute approximate surface area is 199 Å². The molecule has 180 valence electrons. The smallest absolute Gasteiger partial charge is 0.383 e. The maximum absolute atomic E-state index is 12.7. The van der Waals surface area contributed by atoms with Crippen LogP contribution in [0.4, 0.5) is 30.5 Å². The molecule has 34 heavy (non-hydrogen) atoms. The minimum Gasteiger partial charge on any atom is -0.383 e. The van der Waals surface area contributed by atoms with Crippen LogP contribution in [0.15, 0.2) is 47.6 Å². The number of pyridine rings is 1. The van der Waals surface area contributed by atoms with Crippen LogP contribution >= 0.6 is 11.9 Å². The van der Waals surface area contributed by atoms with E-state index in [-0.39, 0.29) is 11.5 Å². The first-order valence-electron chi connectivity index (χ1n) is 10.2. The van der Waals surface area contributed by atoms with Crippen molar-refractivity contribution >= 4 is 35.0 Å². The van der Waals surface area contributed by atoms with E-state index in [0.717, 1.165) is 42.0 Å². The van der Waals surface area contributed by atoms with Crippen molar-refractivity contribution in [1.82, 2.24) is 19.9 Å². The monoisotopic (exact) mass is 490 g/mol. The minimum absolute atomic E-state index is 0.219. The highest BCUT2D eigenvalue weighted by molar-refractivity contribution is 8.00. The lowest BCUT2D eigenvalue weighted by Gasteiger charge is -2.16. The highest BCUT2D eigenvalue weighted by atomic mass is 32.2. The molecule has 0 aliphatic heterocycles. The molecule has 0 unspecified atom stereocenters. The summed E-state index contributed by atoms with van der Waals surface area (Å²) < 4.78 is 41.0. The topological polar surface area (TPSA) is 116 Å². The predicted octanol–water partition coefficient (Wildman–Crippen LogP) is 4.62. The molecule has 0 saturated carbocycles. The van der Waals surface area contributed by atoms with Crippen molar-refractivity contribution in [2.45, 2.75) is 18.1 Å². The zero-order valence-corrected chi connectivity index (χ0v) is 19.7. The van der Waals surface area contributed by atoms with Crippen molar-refractivity contribution < 1.29 is 13.2 Å². The van der Waals surface area contributed by atoms with Gasteiger partial charge in [-0.3, -0.25) is 0 Å². The van der Waals surface area contributed by atoms with Gasteiger partial charge < -0.3 is 26.1 Å². The van der Waals surface area contributed by atoms with Gasteiger partial charge in [-0.2, -0.15) is 13.2 Å². The van der Waals surface area contributed by atoms with Crippen molar-refractivity contribution in [3.05, 3.63) is 53.7 Å². The van der Waals surface area contributed by atoms with Crippen LogP contribution in [-0.4, -0.2) is 52.7 Å². The maximum Gasteiger partial charge on any atom is 0.417 e. The van der Waals surface area contributed by atoms with Crippen LogP contribution in [-0.2, 0) is 6.18 Å². The third-order valence-electron chi connectivity index (χ3n) is 4.64. The molecule has 12 heteroatoms. The molecule has 0 radical (unpaired) electrons. The van der Waals surface area contributed by atoms with Crippen LogP contribution in [0.5, 0.6) is 0 Å². The van der Waals surface area contributed by atoms with Crippen molar-refractivity contribution in [2.75, 3.05) is 43.0 Å². The van der Waals surface area contributed by atoms with Crippen LogP contribution in [0.3, 0.4) is 0 Å². The van der Waals surface area contributed by atoms with Gasteiger partial charge in [-0.1, -0.05) is 0 Å². The molecule has 0 atom stereocenters. The fourth-order valence-corrected chi connectivity index (χ4v) is 3.51. The van der Waals surface area contributed by atoms with Crippen LogP contribution in [0.2, 0.25) is 0 Å². The number of hydrogen-bond donors (Lipinski definition) is 4. The number of nitrogens with one attached hydrogen (secondary N) is 3. The number of anilines is 3. The van der Waals surface area contributed by atoms with Gasteiger partial charge in [0, 0.05) is 48.2 Å². The molecule has 0 spiro atoms. The molecule has 0 aliphatic carbocycles. The molecule has 2 aromatic heterocycles. The molecule has 2 heterocycles. The van der Waals surface area contributed by atoms with Gasteiger partial charge in [-0.25, -0.2) is 15.0 Å². The van der Waals surface area contributed by atoms with Crippen LogP contribution < -0.4 is 15.8 Å². The standard InChI is InChI=1S/C22H25F3N8S/c1-13(26)18-19(27)30-20(31-21(18)28-10-11-33(2)3)14-4-7-16(8-5-14)32-34-17-9-6-15(12-29-17)22(23,24)25/h4-9,12,26,32H,10-11H2,1-3H3,(H3,27,28,30,31). The first-order chi connectivity index (χ1) is 16.0. The number of likely N-dealkylation sites (N-methyl/N-ethyl adjacent to an activating group) is 1. The third kappa shape index (κ3) is 6.58. The lowest BCUT2D eigenvalue weighted by Crippen LogP contribution is -2.22. The maximum atomic E-state index is 12.7. The van der Waals surface area contributed by atoms with E-state index in [0.29, 0.717) is 28.8 Å². The van der Waals surface area contributed by atoms with Gasteiger partial charge in [0.05, 0.1) is 11.1 Å². The van der Waals surface area contributed by atoms with E-state index in [4.69, 9.17) is 11.1 Å². The molecule has 0 aliphatic rings. The molecule has 8 nitrogen and oxygen atoms in total. The normalized spacial score (nSPS) is 11.5. The Morgan fingerprint density at radius 1 is 1.12 bits per heavy atom. The van der Waals surface area contributed by atoms with Crippen molar-refractivity contribution in [3.63, 3.8) is 0 Å². The number of hydrogen-bond acceptors (Lipinski definition) is 9. The molecule has 0 bridgehead atoms. The third-order valence-corrected chi connectivity index (χ3v) is 5.43. The predicted molar refractivity (Wildman–Crippen MR) is 130 cm³/mol. The van der Waals surface area contributed by atoms with Gasteiger partial charge in [0.2, 0.25) is 0 Å². The van der Waals surface area contributed by atoms with E-state index in [1.165, 1.54) is 6.07 Å². The average molecular weight is 491 g/mol. The summed E-state index contributed by atoms with van der Waals surface area (Å²) in [6, 6.07) is 9.49. The fourth-order valence-electron chi connectivity index (χ4n) is 2.91. The first kappa shape index (κ1) is 25.2. The lowest BCUT2D eigenvalue weighted by atomic mass is 10.1. The molecule has 0 saturated heterocycles. The van der Waals surface area contributed by atoms with Crippen molar-refractivity contribution in [1.29, 1.82) is 5.41 Å². The highest BCUT2D eigenvalue weighted by Gasteiger charge is 2.30.